The fourth-order valence-electron chi connectivity index (χ4n) is 3.04. The molecule has 3 aromatic rings. The first kappa shape index (κ1) is 15.1. The Morgan fingerprint density at radius 3 is 2.52 bits per heavy atom. The lowest BCUT2D eigenvalue weighted by molar-refractivity contribution is -0.124. The molecule has 0 radical (unpaired) electrons. The van der Waals surface area contributed by atoms with Gasteiger partial charge in [-0.3, -0.25) is 19.4 Å². The van der Waals surface area contributed by atoms with Crippen molar-refractivity contribution in [2.45, 2.75) is 0 Å². The van der Waals surface area contributed by atoms with Crippen LogP contribution in [0.3, 0.4) is 0 Å². The first-order valence-corrected chi connectivity index (χ1v) is 7.91. The Labute approximate surface area is 143 Å². The highest BCUT2D eigenvalue weighted by atomic mass is 16.2. The highest BCUT2D eigenvalue weighted by Crippen LogP contribution is 2.22. The molecule has 1 saturated heterocycles. The molecule has 4 rings (SSSR count). The average Bonchev–Trinajstić information content (AvgIpc) is 3.19. The Morgan fingerprint density at radius 1 is 1.00 bits per heavy atom. The molecule has 0 spiro atoms. The van der Waals surface area contributed by atoms with Crippen LogP contribution in [0.15, 0.2) is 60.8 Å². The van der Waals surface area contributed by atoms with Gasteiger partial charge >= 0.3 is 6.03 Å². The third-order valence-electron chi connectivity index (χ3n) is 4.32. The van der Waals surface area contributed by atoms with Crippen molar-refractivity contribution in [1.29, 1.82) is 0 Å². The Bertz CT molecular complexity index is 978. The molecule has 0 atom stereocenters. The number of fused-ring (bicyclic) bond motifs is 1. The van der Waals surface area contributed by atoms with Crippen molar-refractivity contribution in [2.24, 2.45) is 0 Å². The zero-order valence-corrected chi connectivity index (χ0v) is 13.3. The Kier molecular flexibility index (Phi) is 3.57. The maximum atomic E-state index is 12.6. The first-order valence-electron chi connectivity index (χ1n) is 7.91. The fraction of sp³-hybridized carbons (Fsp3) is 0.105. The minimum absolute atomic E-state index is 0.0516. The predicted octanol–water partition coefficient (Wildman–Crippen LogP) is 2.82. The zero-order chi connectivity index (χ0) is 17.4. The lowest BCUT2D eigenvalue weighted by Gasteiger charge is -2.16. The Hall–Kier alpha value is -3.41. The van der Waals surface area contributed by atoms with Crippen molar-refractivity contribution < 1.29 is 14.4 Å². The zero-order valence-electron chi connectivity index (χ0n) is 13.3. The number of imide groups is 1. The van der Waals surface area contributed by atoms with Crippen LogP contribution in [0.4, 0.5) is 10.5 Å². The van der Waals surface area contributed by atoms with Gasteiger partial charge in [0.25, 0.3) is 5.91 Å². The van der Waals surface area contributed by atoms with Crippen molar-refractivity contribution in [1.82, 2.24) is 9.88 Å². The molecule has 1 aromatic heterocycles. The van der Waals surface area contributed by atoms with E-state index in [1.165, 1.54) is 4.90 Å². The molecule has 6 heteroatoms. The van der Waals surface area contributed by atoms with Crippen LogP contribution in [-0.2, 0) is 4.79 Å². The third kappa shape index (κ3) is 2.57. The molecule has 6 nitrogen and oxygen atoms in total. The summed E-state index contributed by atoms with van der Waals surface area (Å²) in [5.41, 5.74) is 1.97. The van der Waals surface area contributed by atoms with Crippen molar-refractivity contribution >= 4 is 34.3 Å². The molecule has 2 aromatic carbocycles. The van der Waals surface area contributed by atoms with Gasteiger partial charge < -0.3 is 4.98 Å². The lowest BCUT2D eigenvalue weighted by atomic mass is 10.1. The molecule has 1 N–H and O–H groups in total. The molecular formula is C19H15N3O3. The van der Waals surface area contributed by atoms with Crippen LogP contribution in [-0.4, -0.2) is 40.7 Å². The van der Waals surface area contributed by atoms with Crippen molar-refractivity contribution in [2.75, 3.05) is 18.0 Å². The SMILES string of the molecule is O=C(CN1C(=O)CN(c2ccccc2)C1=O)c1c[nH]c2ccccc12. The Balaban J connectivity index is 1.57. The number of para-hydroxylation sites is 2. The van der Waals surface area contributed by atoms with Crippen LogP contribution in [0.1, 0.15) is 10.4 Å². The van der Waals surface area contributed by atoms with Gasteiger partial charge in [0, 0.05) is 28.4 Å². The van der Waals surface area contributed by atoms with Gasteiger partial charge in [0.1, 0.15) is 6.54 Å². The lowest BCUT2D eigenvalue weighted by Crippen LogP contribution is -2.37. The van der Waals surface area contributed by atoms with E-state index in [9.17, 15) is 14.4 Å². The van der Waals surface area contributed by atoms with Gasteiger partial charge in [-0.1, -0.05) is 36.4 Å². The van der Waals surface area contributed by atoms with Gasteiger partial charge in [-0.25, -0.2) is 4.79 Å². The van der Waals surface area contributed by atoms with Gasteiger partial charge in [-0.2, -0.15) is 0 Å². The number of ketones is 1. The summed E-state index contributed by atoms with van der Waals surface area (Å²) in [6, 6.07) is 15.9. The summed E-state index contributed by atoms with van der Waals surface area (Å²) in [7, 11) is 0. The number of urea groups is 1. The smallest absolute Gasteiger partial charge is 0.332 e. The normalized spacial score (nSPS) is 14.6. The van der Waals surface area contributed by atoms with Crippen molar-refractivity contribution in [3.05, 3.63) is 66.4 Å². The number of hydrogen-bond acceptors (Lipinski definition) is 3. The monoisotopic (exact) mass is 333 g/mol. The van der Waals surface area contributed by atoms with E-state index in [0.717, 1.165) is 15.8 Å². The maximum Gasteiger partial charge on any atom is 0.332 e. The topological polar surface area (TPSA) is 73.5 Å². The van der Waals surface area contributed by atoms with Crippen LogP contribution in [0, 0.1) is 0 Å². The van der Waals surface area contributed by atoms with Gasteiger partial charge in [-0.05, 0) is 18.2 Å². The highest BCUT2D eigenvalue weighted by molar-refractivity contribution is 6.16. The Morgan fingerprint density at radius 2 is 1.72 bits per heavy atom. The second kappa shape index (κ2) is 5.90. The number of aromatic amines is 1. The molecule has 1 fully saturated rings. The number of carbonyl (C=O) groups excluding carboxylic acids is 3. The van der Waals surface area contributed by atoms with Crippen LogP contribution in [0.2, 0.25) is 0 Å². The van der Waals surface area contributed by atoms with E-state index in [1.54, 1.807) is 30.5 Å². The molecule has 0 unspecified atom stereocenters. The standard InChI is InChI=1S/C19H15N3O3/c23-17(15-10-20-16-9-5-4-8-14(15)16)11-22-18(24)12-21(19(22)25)13-6-2-1-3-7-13/h1-10,20H,11-12H2. The molecule has 0 aliphatic carbocycles. The minimum Gasteiger partial charge on any atom is -0.360 e. The van der Waals surface area contributed by atoms with Gasteiger partial charge in [0.15, 0.2) is 5.78 Å². The number of nitrogens with one attached hydrogen (secondary N) is 1. The first-order chi connectivity index (χ1) is 12.1. The number of amides is 3. The summed E-state index contributed by atoms with van der Waals surface area (Å²) in [5, 5.41) is 0.784. The number of H-pyrrole nitrogens is 1. The van der Waals surface area contributed by atoms with E-state index in [2.05, 4.69) is 4.98 Å². The largest absolute Gasteiger partial charge is 0.360 e. The molecule has 25 heavy (non-hydrogen) atoms. The van der Waals surface area contributed by atoms with E-state index in [0.29, 0.717) is 11.3 Å². The molecule has 3 amide bonds. The molecule has 0 bridgehead atoms. The van der Waals surface area contributed by atoms with E-state index >= 15 is 0 Å². The summed E-state index contributed by atoms with van der Waals surface area (Å²) in [5.74, 6) is -0.642. The van der Waals surface area contributed by atoms with E-state index in [4.69, 9.17) is 0 Å². The second-order valence-corrected chi connectivity index (χ2v) is 5.86. The summed E-state index contributed by atoms with van der Waals surface area (Å²) in [6.07, 6.45) is 1.62. The second-order valence-electron chi connectivity index (χ2n) is 5.86. The molecule has 1 aliphatic heterocycles. The molecule has 0 saturated carbocycles. The number of carbonyl (C=O) groups is 3. The van der Waals surface area contributed by atoms with Crippen molar-refractivity contribution in [3.8, 4) is 0 Å². The van der Waals surface area contributed by atoms with E-state index < -0.39 is 6.03 Å². The van der Waals surface area contributed by atoms with Gasteiger partial charge in [0.05, 0.1) is 6.54 Å². The number of Topliss-reactive ketones (excluding diaryl/α,β-unsaturated/α-hetero) is 1. The predicted molar refractivity (Wildman–Crippen MR) is 93.5 cm³/mol. The van der Waals surface area contributed by atoms with Crippen molar-refractivity contribution in [3.63, 3.8) is 0 Å². The third-order valence-corrected chi connectivity index (χ3v) is 4.32. The summed E-state index contributed by atoms with van der Waals surface area (Å²) >= 11 is 0. The quantitative estimate of drug-likeness (QED) is 0.589. The molecule has 124 valence electrons. The number of benzene rings is 2. The molecular weight excluding hydrogens is 318 g/mol. The number of hydrogen-bond donors (Lipinski definition) is 1. The van der Waals surface area contributed by atoms with Gasteiger partial charge in [0.2, 0.25) is 0 Å². The summed E-state index contributed by atoms with van der Waals surface area (Å²) in [6.45, 7) is -0.313. The summed E-state index contributed by atoms with van der Waals surface area (Å²) in [4.78, 5) is 42.8. The molecule has 2 heterocycles. The average molecular weight is 333 g/mol. The minimum atomic E-state index is -0.468. The fourth-order valence-corrected chi connectivity index (χ4v) is 3.04. The number of anilines is 1. The van der Waals surface area contributed by atoms with E-state index in [-0.39, 0.29) is 24.8 Å². The van der Waals surface area contributed by atoms with Crippen LogP contribution < -0.4 is 4.90 Å². The highest BCUT2D eigenvalue weighted by Gasteiger charge is 2.38. The van der Waals surface area contributed by atoms with Crippen LogP contribution >= 0.6 is 0 Å². The van der Waals surface area contributed by atoms with E-state index in [1.807, 2.05) is 30.3 Å². The summed E-state index contributed by atoms with van der Waals surface area (Å²) < 4.78 is 0. The van der Waals surface area contributed by atoms with Crippen LogP contribution in [0.5, 0.6) is 0 Å². The number of rotatable bonds is 4. The molecule has 1 aliphatic rings. The maximum absolute atomic E-state index is 12.6. The van der Waals surface area contributed by atoms with Gasteiger partial charge in [-0.15, -0.1) is 0 Å². The number of nitrogens with zero attached hydrogens (tertiary/aromatic N) is 2. The number of aromatic nitrogens is 1. The van der Waals surface area contributed by atoms with Crippen LogP contribution in [0.25, 0.3) is 10.9 Å².